The Morgan fingerprint density at radius 2 is 1.57 bits per heavy atom. The van der Waals surface area contributed by atoms with Crippen LogP contribution >= 0.6 is 0 Å². The summed E-state index contributed by atoms with van der Waals surface area (Å²) < 4.78 is 33.8. The van der Waals surface area contributed by atoms with Gasteiger partial charge in [-0.3, -0.25) is 0 Å². The van der Waals surface area contributed by atoms with Crippen LogP contribution in [-0.2, 0) is 9.84 Å². The first-order valence-corrected chi connectivity index (χ1v) is 8.25. The van der Waals surface area contributed by atoms with E-state index in [-0.39, 0.29) is 4.90 Å². The lowest BCUT2D eigenvalue weighted by atomic mass is 10.3. The fourth-order valence-corrected chi connectivity index (χ4v) is 2.33. The first-order valence-electron chi connectivity index (χ1n) is 6.36. The van der Waals surface area contributed by atoms with Gasteiger partial charge in [0.05, 0.1) is 4.90 Å². The summed E-state index contributed by atoms with van der Waals surface area (Å²) in [5.41, 5.74) is 6.25. The summed E-state index contributed by atoms with van der Waals surface area (Å²) in [7, 11) is -3.23. The highest BCUT2D eigenvalue weighted by Gasteiger charge is 2.07. The first kappa shape index (κ1) is 15.2. The molecule has 0 aliphatic carbocycles. The highest BCUT2D eigenvalue weighted by Crippen LogP contribution is 2.17. The van der Waals surface area contributed by atoms with Crippen molar-refractivity contribution in [3.05, 3.63) is 48.5 Å². The Morgan fingerprint density at radius 3 is 2.19 bits per heavy atom. The van der Waals surface area contributed by atoms with Crippen LogP contribution in [0.25, 0.3) is 0 Å². The van der Waals surface area contributed by atoms with E-state index in [9.17, 15) is 8.42 Å². The molecule has 0 spiro atoms. The minimum atomic E-state index is -3.23. The molecule has 2 aromatic rings. The van der Waals surface area contributed by atoms with Gasteiger partial charge in [0.1, 0.15) is 24.7 Å². The number of nitrogens with two attached hydrogens (primary N) is 1. The lowest BCUT2D eigenvalue weighted by molar-refractivity contribution is 0.217. The number of anilines is 1. The smallest absolute Gasteiger partial charge is 0.175 e. The quantitative estimate of drug-likeness (QED) is 0.653. The molecule has 21 heavy (non-hydrogen) atoms. The maximum Gasteiger partial charge on any atom is 0.175 e. The molecule has 0 saturated carbocycles. The van der Waals surface area contributed by atoms with Gasteiger partial charge in [0.15, 0.2) is 9.84 Å². The molecule has 0 unspecified atom stereocenters. The Labute approximate surface area is 124 Å². The van der Waals surface area contributed by atoms with Gasteiger partial charge in [0.25, 0.3) is 0 Å². The second kappa shape index (κ2) is 6.49. The molecule has 0 aromatic heterocycles. The minimum absolute atomic E-state index is 0.236. The molecule has 112 valence electrons. The number of benzene rings is 2. The number of sulfone groups is 1. The Kier molecular flexibility index (Phi) is 4.70. The topological polar surface area (TPSA) is 78.6 Å². The zero-order valence-corrected chi connectivity index (χ0v) is 12.5. The molecule has 0 saturated heterocycles. The second-order valence-corrected chi connectivity index (χ2v) is 6.53. The van der Waals surface area contributed by atoms with Gasteiger partial charge in [-0.1, -0.05) is 6.07 Å². The molecule has 2 aromatic carbocycles. The predicted molar refractivity (Wildman–Crippen MR) is 81.4 cm³/mol. The fourth-order valence-electron chi connectivity index (χ4n) is 1.68. The summed E-state index contributed by atoms with van der Waals surface area (Å²) >= 11 is 0. The highest BCUT2D eigenvalue weighted by molar-refractivity contribution is 7.90. The third kappa shape index (κ3) is 4.68. The summed E-state index contributed by atoms with van der Waals surface area (Å²) in [4.78, 5) is 0.236. The zero-order chi connectivity index (χ0) is 15.3. The minimum Gasteiger partial charge on any atom is -0.490 e. The van der Waals surface area contributed by atoms with Crippen LogP contribution in [0.3, 0.4) is 0 Å². The summed E-state index contributed by atoms with van der Waals surface area (Å²) in [5.74, 6) is 1.21. The van der Waals surface area contributed by atoms with Crippen LogP contribution in [0.15, 0.2) is 53.4 Å². The van der Waals surface area contributed by atoms with Crippen molar-refractivity contribution in [1.82, 2.24) is 0 Å². The Morgan fingerprint density at radius 1 is 0.952 bits per heavy atom. The van der Waals surface area contributed by atoms with Crippen LogP contribution in [0, 0.1) is 0 Å². The van der Waals surface area contributed by atoms with Gasteiger partial charge in [0.2, 0.25) is 0 Å². The second-order valence-electron chi connectivity index (χ2n) is 4.51. The Balaban J connectivity index is 1.85. The van der Waals surface area contributed by atoms with Gasteiger partial charge in [-0.05, 0) is 42.5 Å². The summed E-state index contributed by atoms with van der Waals surface area (Å²) in [5, 5.41) is 0. The van der Waals surface area contributed by atoms with E-state index in [4.69, 9.17) is 15.2 Å². The molecule has 2 rings (SSSR count). The van der Waals surface area contributed by atoms with Crippen LogP contribution < -0.4 is 15.2 Å². The molecule has 0 amide bonds. The van der Waals surface area contributed by atoms with E-state index in [0.29, 0.717) is 30.4 Å². The number of rotatable bonds is 6. The third-order valence-corrected chi connectivity index (χ3v) is 3.84. The highest BCUT2D eigenvalue weighted by atomic mass is 32.2. The van der Waals surface area contributed by atoms with Crippen molar-refractivity contribution >= 4 is 15.5 Å². The van der Waals surface area contributed by atoms with Gasteiger partial charge in [-0.2, -0.15) is 0 Å². The Hall–Kier alpha value is -2.21. The maximum absolute atomic E-state index is 11.4. The molecule has 0 atom stereocenters. The third-order valence-electron chi connectivity index (χ3n) is 2.73. The Bertz CT molecular complexity index is 696. The SMILES string of the molecule is CS(=O)(=O)c1cccc(OCCOc2ccc(N)cc2)c1. The van der Waals surface area contributed by atoms with E-state index >= 15 is 0 Å². The normalized spacial score (nSPS) is 11.1. The van der Waals surface area contributed by atoms with Crippen molar-refractivity contribution < 1.29 is 17.9 Å². The first-order chi connectivity index (χ1) is 9.95. The van der Waals surface area contributed by atoms with Crippen molar-refractivity contribution in [1.29, 1.82) is 0 Å². The van der Waals surface area contributed by atoms with Crippen molar-refractivity contribution in [2.75, 3.05) is 25.2 Å². The molecule has 0 bridgehead atoms. The van der Waals surface area contributed by atoms with Crippen molar-refractivity contribution in [2.24, 2.45) is 0 Å². The average Bonchev–Trinajstić information content (AvgIpc) is 2.45. The van der Waals surface area contributed by atoms with Crippen LogP contribution in [0.5, 0.6) is 11.5 Å². The molecule has 0 aliphatic rings. The van der Waals surface area contributed by atoms with E-state index in [1.54, 1.807) is 36.4 Å². The maximum atomic E-state index is 11.4. The molecule has 0 fully saturated rings. The lowest BCUT2D eigenvalue weighted by Crippen LogP contribution is -2.09. The average molecular weight is 307 g/mol. The van der Waals surface area contributed by atoms with Gasteiger partial charge in [-0.25, -0.2) is 8.42 Å². The van der Waals surface area contributed by atoms with E-state index in [0.717, 1.165) is 6.26 Å². The van der Waals surface area contributed by atoms with Gasteiger partial charge < -0.3 is 15.2 Å². The summed E-state index contributed by atoms with van der Waals surface area (Å²) in [6.45, 7) is 0.671. The van der Waals surface area contributed by atoms with Gasteiger partial charge in [-0.15, -0.1) is 0 Å². The lowest BCUT2D eigenvalue weighted by Gasteiger charge is -2.09. The standard InChI is InChI=1S/C15H17NO4S/c1-21(17,18)15-4-2-3-14(11-15)20-10-9-19-13-7-5-12(16)6-8-13/h2-8,11H,9-10,16H2,1H3. The summed E-state index contributed by atoms with van der Waals surface area (Å²) in [6, 6.07) is 13.5. The number of hydrogen-bond donors (Lipinski definition) is 1. The molecule has 6 heteroatoms. The van der Waals surface area contributed by atoms with Gasteiger partial charge in [0, 0.05) is 11.9 Å². The predicted octanol–water partition coefficient (Wildman–Crippen LogP) is 2.13. The number of nitrogen functional groups attached to an aromatic ring is 1. The van der Waals surface area contributed by atoms with Crippen LogP contribution in [-0.4, -0.2) is 27.9 Å². The van der Waals surface area contributed by atoms with Crippen LogP contribution in [0.1, 0.15) is 0 Å². The summed E-state index contributed by atoms with van der Waals surface area (Å²) in [6.07, 6.45) is 1.16. The number of ether oxygens (including phenoxy) is 2. The van der Waals surface area contributed by atoms with Crippen molar-refractivity contribution in [3.8, 4) is 11.5 Å². The molecular formula is C15H17NO4S. The van der Waals surface area contributed by atoms with E-state index < -0.39 is 9.84 Å². The zero-order valence-electron chi connectivity index (χ0n) is 11.7. The molecule has 2 N–H and O–H groups in total. The van der Waals surface area contributed by atoms with Crippen molar-refractivity contribution in [2.45, 2.75) is 4.90 Å². The van der Waals surface area contributed by atoms with Gasteiger partial charge >= 0.3 is 0 Å². The van der Waals surface area contributed by atoms with E-state index in [1.165, 1.54) is 12.1 Å². The van der Waals surface area contributed by atoms with Crippen LogP contribution in [0.2, 0.25) is 0 Å². The number of hydrogen-bond acceptors (Lipinski definition) is 5. The molecule has 5 nitrogen and oxygen atoms in total. The largest absolute Gasteiger partial charge is 0.490 e. The molecule has 0 radical (unpaired) electrons. The molecular weight excluding hydrogens is 290 g/mol. The molecule has 0 heterocycles. The van der Waals surface area contributed by atoms with E-state index in [1.807, 2.05) is 0 Å². The fraction of sp³-hybridized carbons (Fsp3) is 0.200. The van der Waals surface area contributed by atoms with Crippen LogP contribution in [0.4, 0.5) is 5.69 Å². The molecule has 0 aliphatic heterocycles. The van der Waals surface area contributed by atoms with E-state index in [2.05, 4.69) is 0 Å². The monoisotopic (exact) mass is 307 g/mol. The van der Waals surface area contributed by atoms with Crippen molar-refractivity contribution in [3.63, 3.8) is 0 Å².